The summed E-state index contributed by atoms with van der Waals surface area (Å²) >= 11 is 1.29. The molecule has 1 aromatic heterocycles. The SMILES string of the molecule is CC(C)C(C)(NC(=O)c1cscn1)C(=O)O. The molecule has 0 aliphatic heterocycles. The number of hydrogen-bond acceptors (Lipinski definition) is 4. The average molecular weight is 242 g/mol. The van der Waals surface area contributed by atoms with Crippen molar-refractivity contribution < 1.29 is 14.7 Å². The van der Waals surface area contributed by atoms with Gasteiger partial charge in [-0.15, -0.1) is 11.3 Å². The largest absolute Gasteiger partial charge is 0.480 e. The minimum atomic E-state index is -1.28. The van der Waals surface area contributed by atoms with Gasteiger partial charge in [-0.3, -0.25) is 4.79 Å². The van der Waals surface area contributed by atoms with Crippen LogP contribution in [-0.2, 0) is 4.79 Å². The number of nitrogens with zero attached hydrogens (tertiary/aromatic N) is 1. The molecular weight excluding hydrogens is 228 g/mol. The van der Waals surface area contributed by atoms with Gasteiger partial charge >= 0.3 is 5.97 Å². The second kappa shape index (κ2) is 4.61. The Morgan fingerprint density at radius 3 is 2.56 bits per heavy atom. The molecule has 6 heteroatoms. The first-order valence-electron chi connectivity index (χ1n) is 4.82. The first-order valence-corrected chi connectivity index (χ1v) is 5.76. The number of aromatic nitrogens is 1. The Morgan fingerprint density at radius 1 is 1.56 bits per heavy atom. The minimum Gasteiger partial charge on any atom is -0.480 e. The number of rotatable bonds is 4. The Kier molecular flexibility index (Phi) is 3.64. The Hall–Kier alpha value is -1.43. The van der Waals surface area contributed by atoms with Gasteiger partial charge in [0.1, 0.15) is 11.2 Å². The van der Waals surface area contributed by atoms with Crippen LogP contribution >= 0.6 is 11.3 Å². The molecule has 0 spiro atoms. The van der Waals surface area contributed by atoms with Gasteiger partial charge < -0.3 is 10.4 Å². The molecule has 1 amide bonds. The summed E-state index contributed by atoms with van der Waals surface area (Å²) in [4.78, 5) is 26.7. The fourth-order valence-electron chi connectivity index (χ4n) is 1.07. The van der Waals surface area contributed by atoms with E-state index in [1.54, 1.807) is 19.2 Å². The minimum absolute atomic E-state index is 0.215. The summed E-state index contributed by atoms with van der Waals surface area (Å²) < 4.78 is 0. The zero-order valence-corrected chi connectivity index (χ0v) is 10.2. The smallest absolute Gasteiger partial charge is 0.329 e. The van der Waals surface area contributed by atoms with Crippen molar-refractivity contribution in [2.75, 3.05) is 0 Å². The van der Waals surface area contributed by atoms with Crippen LogP contribution in [0, 0.1) is 5.92 Å². The van der Waals surface area contributed by atoms with E-state index in [1.807, 2.05) is 0 Å². The highest BCUT2D eigenvalue weighted by Gasteiger charge is 2.38. The number of thiazole rings is 1. The van der Waals surface area contributed by atoms with E-state index in [-0.39, 0.29) is 11.6 Å². The fourth-order valence-corrected chi connectivity index (χ4v) is 1.60. The standard InChI is InChI=1S/C10H14N2O3S/c1-6(2)10(3,9(14)15)12-8(13)7-4-16-5-11-7/h4-6H,1-3H3,(H,12,13)(H,14,15). The van der Waals surface area contributed by atoms with E-state index in [2.05, 4.69) is 10.3 Å². The van der Waals surface area contributed by atoms with Crippen molar-refractivity contribution in [1.82, 2.24) is 10.3 Å². The van der Waals surface area contributed by atoms with Crippen molar-refractivity contribution in [3.63, 3.8) is 0 Å². The van der Waals surface area contributed by atoms with Crippen LogP contribution in [0.2, 0.25) is 0 Å². The molecule has 0 aliphatic carbocycles. The van der Waals surface area contributed by atoms with Crippen LogP contribution in [0.3, 0.4) is 0 Å². The van der Waals surface area contributed by atoms with E-state index in [0.29, 0.717) is 0 Å². The number of amides is 1. The first-order chi connectivity index (χ1) is 7.38. The number of carboxylic acid groups (broad SMARTS) is 1. The second-order valence-corrected chi connectivity index (χ2v) is 4.71. The van der Waals surface area contributed by atoms with E-state index in [9.17, 15) is 9.59 Å². The van der Waals surface area contributed by atoms with Crippen LogP contribution in [-0.4, -0.2) is 27.5 Å². The van der Waals surface area contributed by atoms with Gasteiger partial charge in [-0.25, -0.2) is 9.78 Å². The van der Waals surface area contributed by atoms with Crippen LogP contribution in [0.4, 0.5) is 0 Å². The molecule has 0 radical (unpaired) electrons. The normalized spacial score (nSPS) is 14.5. The van der Waals surface area contributed by atoms with Crippen LogP contribution in [0.5, 0.6) is 0 Å². The van der Waals surface area contributed by atoms with Crippen molar-refractivity contribution in [2.45, 2.75) is 26.3 Å². The molecule has 0 saturated carbocycles. The molecule has 0 aromatic carbocycles. The molecule has 0 fully saturated rings. The number of nitrogens with one attached hydrogen (secondary N) is 1. The molecule has 1 atom stereocenters. The zero-order chi connectivity index (χ0) is 12.3. The summed E-state index contributed by atoms with van der Waals surface area (Å²) in [7, 11) is 0. The lowest BCUT2D eigenvalue weighted by atomic mass is 9.88. The maximum Gasteiger partial charge on any atom is 0.329 e. The predicted octanol–water partition coefficient (Wildman–Crippen LogP) is 1.37. The molecule has 0 saturated heterocycles. The molecule has 88 valence electrons. The number of carboxylic acids is 1. The van der Waals surface area contributed by atoms with Crippen molar-refractivity contribution in [3.8, 4) is 0 Å². The molecular formula is C10H14N2O3S. The molecule has 1 unspecified atom stereocenters. The highest BCUT2D eigenvalue weighted by Crippen LogP contribution is 2.17. The lowest BCUT2D eigenvalue weighted by Crippen LogP contribution is -2.55. The van der Waals surface area contributed by atoms with Crippen molar-refractivity contribution in [1.29, 1.82) is 0 Å². The third kappa shape index (κ3) is 2.38. The Balaban J connectivity index is 2.86. The molecule has 16 heavy (non-hydrogen) atoms. The summed E-state index contributed by atoms with van der Waals surface area (Å²) in [6, 6.07) is 0. The van der Waals surface area contributed by atoms with Gasteiger partial charge in [-0.1, -0.05) is 13.8 Å². The molecule has 1 rings (SSSR count). The topological polar surface area (TPSA) is 79.3 Å². The van der Waals surface area contributed by atoms with E-state index in [4.69, 9.17) is 5.11 Å². The Morgan fingerprint density at radius 2 is 2.19 bits per heavy atom. The van der Waals surface area contributed by atoms with E-state index in [0.717, 1.165) is 0 Å². The third-order valence-corrected chi connectivity index (χ3v) is 3.22. The molecule has 5 nitrogen and oxygen atoms in total. The Labute approximate surface area is 97.5 Å². The van der Waals surface area contributed by atoms with Crippen LogP contribution < -0.4 is 5.32 Å². The van der Waals surface area contributed by atoms with E-state index >= 15 is 0 Å². The van der Waals surface area contributed by atoms with Crippen molar-refractivity contribution in [3.05, 3.63) is 16.6 Å². The lowest BCUT2D eigenvalue weighted by Gasteiger charge is -2.29. The van der Waals surface area contributed by atoms with Crippen LogP contribution in [0.1, 0.15) is 31.3 Å². The van der Waals surface area contributed by atoms with E-state index < -0.39 is 17.4 Å². The highest BCUT2D eigenvalue weighted by atomic mass is 32.1. The van der Waals surface area contributed by atoms with Crippen LogP contribution in [0.25, 0.3) is 0 Å². The monoisotopic (exact) mass is 242 g/mol. The van der Waals surface area contributed by atoms with E-state index in [1.165, 1.54) is 23.8 Å². The molecule has 1 aromatic rings. The van der Waals surface area contributed by atoms with Crippen molar-refractivity contribution in [2.24, 2.45) is 5.92 Å². The summed E-state index contributed by atoms with van der Waals surface area (Å²) in [6.45, 7) is 4.98. The fraction of sp³-hybridized carbons (Fsp3) is 0.500. The van der Waals surface area contributed by atoms with Gasteiger partial charge in [0.05, 0.1) is 5.51 Å². The number of aliphatic carboxylic acids is 1. The Bertz CT molecular complexity index is 389. The number of carbonyl (C=O) groups is 2. The van der Waals surface area contributed by atoms with Gasteiger partial charge in [-0.2, -0.15) is 0 Å². The maximum absolute atomic E-state index is 11.7. The summed E-state index contributed by atoms with van der Waals surface area (Å²) in [5.41, 5.74) is 0.501. The second-order valence-electron chi connectivity index (χ2n) is 3.99. The first kappa shape index (κ1) is 12.6. The molecule has 2 N–H and O–H groups in total. The highest BCUT2D eigenvalue weighted by molar-refractivity contribution is 7.07. The summed E-state index contributed by atoms with van der Waals surface area (Å²) in [6.07, 6.45) is 0. The van der Waals surface area contributed by atoms with Gasteiger partial charge in [-0.05, 0) is 12.8 Å². The lowest BCUT2D eigenvalue weighted by molar-refractivity contribution is -0.145. The summed E-state index contributed by atoms with van der Waals surface area (Å²) in [5, 5.41) is 13.2. The van der Waals surface area contributed by atoms with Crippen LogP contribution in [0.15, 0.2) is 10.9 Å². The predicted molar refractivity (Wildman–Crippen MR) is 60.5 cm³/mol. The quantitative estimate of drug-likeness (QED) is 0.835. The molecule has 0 bridgehead atoms. The maximum atomic E-state index is 11.7. The van der Waals surface area contributed by atoms with Gasteiger partial charge in [0, 0.05) is 5.38 Å². The number of hydrogen-bond donors (Lipinski definition) is 2. The van der Waals surface area contributed by atoms with Gasteiger partial charge in [0.15, 0.2) is 0 Å². The van der Waals surface area contributed by atoms with Gasteiger partial charge in [0.25, 0.3) is 5.91 Å². The third-order valence-electron chi connectivity index (χ3n) is 2.64. The molecule has 0 aliphatic rings. The summed E-state index contributed by atoms with van der Waals surface area (Å²) in [5.74, 6) is -1.72. The average Bonchev–Trinajstić information content (AvgIpc) is 2.69. The van der Waals surface area contributed by atoms with Gasteiger partial charge in [0.2, 0.25) is 0 Å². The number of carbonyl (C=O) groups excluding carboxylic acids is 1. The zero-order valence-electron chi connectivity index (χ0n) is 9.35. The van der Waals surface area contributed by atoms with Crippen molar-refractivity contribution >= 4 is 23.2 Å². The molecule has 1 heterocycles.